The van der Waals surface area contributed by atoms with Gasteiger partial charge in [-0.05, 0) is 18.2 Å². The van der Waals surface area contributed by atoms with Gasteiger partial charge in [0.05, 0.1) is 12.7 Å². The summed E-state index contributed by atoms with van der Waals surface area (Å²) in [5.74, 6) is 1.95. The van der Waals surface area contributed by atoms with E-state index in [1.807, 2.05) is 0 Å². The number of aldehydes is 1. The minimum absolute atomic E-state index is 0.143. The van der Waals surface area contributed by atoms with Gasteiger partial charge in [0.15, 0.2) is 12.9 Å². The molecule has 1 heterocycles. The fourth-order valence-corrected chi connectivity index (χ4v) is 1.42. The van der Waals surface area contributed by atoms with Gasteiger partial charge in [0.2, 0.25) is 11.7 Å². The quantitative estimate of drug-likeness (QED) is 0.751. The largest absolute Gasteiger partial charge is 0.497 e. The third kappa shape index (κ3) is 2.65. The summed E-state index contributed by atoms with van der Waals surface area (Å²) in [5.41, 5.74) is 0.412. The summed E-state index contributed by atoms with van der Waals surface area (Å²) >= 11 is 0. The number of aryl methyl sites for hydroxylation is 1. The van der Waals surface area contributed by atoms with E-state index in [-0.39, 0.29) is 6.61 Å². The summed E-state index contributed by atoms with van der Waals surface area (Å²) < 4.78 is 15.3. The normalized spacial score (nSPS) is 10.1. The number of methoxy groups -OCH3 is 1. The van der Waals surface area contributed by atoms with E-state index in [9.17, 15) is 4.79 Å². The minimum atomic E-state index is 0.143. The van der Waals surface area contributed by atoms with Gasteiger partial charge >= 0.3 is 0 Å². The van der Waals surface area contributed by atoms with E-state index >= 15 is 0 Å². The second-order valence-electron chi connectivity index (χ2n) is 3.54. The highest BCUT2D eigenvalue weighted by Crippen LogP contribution is 2.23. The lowest BCUT2D eigenvalue weighted by molar-refractivity contribution is 0.111. The zero-order valence-electron chi connectivity index (χ0n) is 10.0. The van der Waals surface area contributed by atoms with Crippen LogP contribution in [0.3, 0.4) is 0 Å². The lowest BCUT2D eigenvalue weighted by atomic mass is 10.2. The van der Waals surface area contributed by atoms with Crippen molar-refractivity contribution in [3.05, 3.63) is 35.5 Å². The average Bonchev–Trinajstić information content (AvgIpc) is 2.82. The number of hydrogen-bond donors (Lipinski definition) is 0. The van der Waals surface area contributed by atoms with Gasteiger partial charge in [-0.2, -0.15) is 4.98 Å². The van der Waals surface area contributed by atoms with Crippen LogP contribution in [-0.2, 0) is 6.61 Å². The van der Waals surface area contributed by atoms with Gasteiger partial charge < -0.3 is 14.0 Å². The number of hydrogen-bond acceptors (Lipinski definition) is 6. The number of nitrogens with zero attached hydrogens (tertiary/aromatic N) is 2. The maximum Gasteiger partial charge on any atom is 0.223 e. The lowest BCUT2D eigenvalue weighted by Crippen LogP contribution is -2.00. The molecular formula is C12H12N2O4. The van der Waals surface area contributed by atoms with Gasteiger partial charge in [-0.1, -0.05) is 5.16 Å². The highest BCUT2D eigenvalue weighted by Gasteiger charge is 2.08. The first kappa shape index (κ1) is 12.1. The zero-order valence-corrected chi connectivity index (χ0v) is 10.0. The molecule has 0 radical (unpaired) electrons. The van der Waals surface area contributed by atoms with Crippen LogP contribution < -0.4 is 9.47 Å². The molecule has 18 heavy (non-hydrogen) atoms. The van der Waals surface area contributed by atoms with E-state index in [0.29, 0.717) is 35.1 Å². The Morgan fingerprint density at radius 1 is 1.44 bits per heavy atom. The number of rotatable bonds is 5. The van der Waals surface area contributed by atoms with E-state index < -0.39 is 0 Å². The fourth-order valence-electron chi connectivity index (χ4n) is 1.42. The van der Waals surface area contributed by atoms with Crippen LogP contribution in [-0.4, -0.2) is 23.5 Å². The molecule has 0 saturated heterocycles. The Labute approximate surface area is 104 Å². The average molecular weight is 248 g/mol. The van der Waals surface area contributed by atoms with Gasteiger partial charge in [-0.25, -0.2) is 0 Å². The summed E-state index contributed by atoms with van der Waals surface area (Å²) in [5, 5.41) is 3.70. The maximum atomic E-state index is 10.9. The standard InChI is InChI=1S/C12H12N2O4/c1-8-13-12(14-18-8)7-17-11-4-3-10(16-2)5-9(11)6-15/h3-6H,7H2,1-2H3. The van der Waals surface area contributed by atoms with Gasteiger partial charge in [0.1, 0.15) is 11.5 Å². The first-order valence-corrected chi connectivity index (χ1v) is 5.28. The van der Waals surface area contributed by atoms with Crippen molar-refractivity contribution < 1.29 is 18.8 Å². The Hall–Kier alpha value is -2.37. The molecule has 1 aromatic heterocycles. The molecule has 0 amide bonds. The van der Waals surface area contributed by atoms with E-state index in [4.69, 9.17) is 14.0 Å². The number of ether oxygens (including phenoxy) is 2. The Kier molecular flexibility index (Phi) is 3.57. The summed E-state index contributed by atoms with van der Waals surface area (Å²) in [6.45, 7) is 1.84. The molecule has 2 rings (SSSR count). The molecule has 2 aromatic rings. The molecule has 0 aliphatic carbocycles. The molecule has 1 aromatic carbocycles. The summed E-state index contributed by atoms with van der Waals surface area (Å²) in [4.78, 5) is 14.9. The van der Waals surface area contributed by atoms with Gasteiger partial charge in [-0.15, -0.1) is 0 Å². The van der Waals surface area contributed by atoms with Crippen LogP contribution in [0.15, 0.2) is 22.7 Å². The summed E-state index contributed by atoms with van der Waals surface area (Å²) in [7, 11) is 1.53. The monoisotopic (exact) mass is 248 g/mol. The summed E-state index contributed by atoms with van der Waals surface area (Å²) in [6.07, 6.45) is 0.708. The Balaban J connectivity index is 2.11. The predicted molar refractivity (Wildman–Crippen MR) is 61.7 cm³/mol. The molecule has 6 heteroatoms. The van der Waals surface area contributed by atoms with Crippen molar-refractivity contribution >= 4 is 6.29 Å². The van der Waals surface area contributed by atoms with E-state index in [1.165, 1.54) is 7.11 Å². The molecule has 0 aliphatic heterocycles. The Morgan fingerprint density at radius 3 is 2.89 bits per heavy atom. The van der Waals surface area contributed by atoms with Crippen LogP contribution in [0.4, 0.5) is 0 Å². The van der Waals surface area contributed by atoms with Gasteiger partial charge in [0.25, 0.3) is 0 Å². The van der Waals surface area contributed by atoms with Crippen molar-refractivity contribution in [3.8, 4) is 11.5 Å². The molecule has 94 valence electrons. The van der Waals surface area contributed by atoms with Crippen LogP contribution in [0.1, 0.15) is 22.1 Å². The second-order valence-corrected chi connectivity index (χ2v) is 3.54. The van der Waals surface area contributed by atoms with Crippen LogP contribution in [0.25, 0.3) is 0 Å². The molecule has 6 nitrogen and oxygen atoms in total. The topological polar surface area (TPSA) is 74.5 Å². The smallest absolute Gasteiger partial charge is 0.223 e. The first-order chi connectivity index (χ1) is 8.72. The van der Waals surface area contributed by atoms with E-state index in [0.717, 1.165) is 0 Å². The molecular weight excluding hydrogens is 236 g/mol. The van der Waals surface area contributed by atoms with Crippen molar-refractivity contribution in [3.63, 3.8) is 0 Å². The van der Waals surface area contributed by atoms with Gasteiger partial charge in [-0.3, -0.25) is 4.79 Å². The van der Waals surface area contributed by atoms with E-state index in [2.05, 4.69) is 10.1 Å². The van der Waals surface area contributed by atoms with Crippen LogP contribution in [0, 0.1) is 6.92 Å². The first-order valence-electron chi connectivity index (χ1n) is 5.28. The van der Waals surface area contributed by atoms with Gasteiger partial charge in [0, 0.05) is 6.92 Å². The predicted octanol–water partition coefficient (Wildman–Crippen LogP) is 1.78. The Morgan fingerprint density at radius 2 is 2.28 bits per heavy atom. The molecule has 0 atom stereocenters. The highest BCUT2D eigenvalue weighted by molar-refractivity contribution is 5.80. The zero-order chi connectivity index (χ0) is 13.0. The highest BCUT2D eigenvalue weighted by atomic mass is 16.5. The fraction of sp³-hybridized carbons (Fsp3) is 0.250. The maximum absolute atomic E-state index is 10.9. The lowest BCUT2D eigenvalue weighted by Gasteiger charge is -2.07. The third-order valence-corrected chi connectivity index (χ3v) is 2.27. The summed E-state index contributed by atoms with van der Waals surface area (Å²) in [6, 6.07) is 4.98. The molecule has 0 aliphatic rings. The van der Waals surface area contributed by atoms with Crippen molar-refractivity contribution in [1.29, 1.82) is 0 Å². The molecule has 0 unspecified atom stereocenters. The van der Waals surface area contributed by atoms with Crippen LogP contribution >= 0.6 is 0 Å². The van der Waals surface area contributed by atoms with Crippen LogP contribution in [0.2, 0.25) is 0 Å². The molecule has 0 bridgehead atoms. The number of aromatic nitrogens is 2. The number of carbonyl (C=O) groups is 1. The molecule has 0 spiro atoms. The molecule has 0 N–H and O–H groups in total. The van der Waals surface area contributed by atoms with Crippen molar-refractivity contribution in [2.75, 3.05) is 7.11 Å². The Bertz CT molecular complexity index is 551. The minimum Gasteiger partial charge on any atom is -0.497 e. The second kappa shape index (κ2) is 5.31. The molecule has 0 saturated carbocycles. The van der Waals surface area contributed by atoms with Crippen molar-refractivity contribution in [1.82, 2.24) is 10.1 Å². The van der Waals surface area contributed by atoms with Crippen molar-refractivity contribution in [2.24, 2.45) is 0 Å². The third-order valence-electron chi connectivity index (χ3n) is 2.27. The number of benzene rings is 1. The molecule has 0 fully saturated rings. The van der Waals surface area contributed by atoms with Crippen molar-refractivity contribution in [2.45, 2.75) is 13.5 Å². The van der Waals surface area contributed by atoms with Crippen LogP contribution in [0.5, 0.6) is 11.5 Å². The number of carbonyl (C=O) groups excluding carboxylic acids is 1. The SMILES string of the molecule is COc1ccc(OCc2noc(C)n2)c(C=O)c1. The van der Waals surface area contributed by atoms with E-state index in [1.54, 1.807) is 25.1 Å².